The van der Waals surface area contributed by atoms with E-state index in [-0.39, 0.29) is 0 Å². The fraction of sp³-hybridized carbons (Fsp3) is 0.304. The van der Waals surface area contributed by atoms with Gasteiger partial charge in [0.05, 0.1) is 0 Å². The van der Waals surface area contributed by atoms with Gasteiger partial charge in [-0.15, -0.1) is 0 Å². The molecule has 0 saturated carbocycles. The van der Waals surface area contributed by atoms with Crippen LogP contribution in [0.3, 0.4) is 0 Å². The number of nitrogens with one attached hydrogen (secondary N) is 1. The fourth-order valence-corrected chi connectivity index (χ4v) is 3.55. The number of aryl methyl sites for hydroxylation is 3. The van der Waals surface area contributed by atoms with Gasteiger partial charge in [-0.1, -0.05) is 18.2 Å². The van der Waals surface area contributed by atoms with Crippen molar-refractivity contribution in [1.82, 2.24) is 9.97 Å². The van der Waals surface area contributed by atoms with E-state index in [2.05, 4.69) is 83.3 Å². The van der Waals surface area contributed by atoms with E-state index >= 15 is 0 Å². The number of aromatic nitrogens is 2. The van der Waals surface area contributed by atoms with Gasteiger partial charge < -0.3 is 15.1 Å². The van der Waals surface area contributed by atoms with Crippen LogP contribution in [0.25, 0.3) is 0 Å². The summed E-state index contributed by atoms with van der Waals surface area (Å²) in [5, 5.41) is 3.33. The van der Waals surface area contributed by atoms with Gasteiger partial charge in [-0.2, -0.15) is 4.98 Å². The molecule has 0 unspecified atom stereocenters. The highest BCUT2D eigenvalue weighted by Crippen LogP contribution is 2.22. The van der Waals surface area contributed by atoms with Gasteiger partial charge in [-0.05, 0) is 67.8 Å². The molecule has 0 amide bonds. The molecule has 5 heteroatoms. The Labute approximate surface area is 167 Å². The molecule has 1 fully saturated rings. The lowest BCUT2D eigenvalue weighted by Gasteiger charge is -2.36. The lowest BCUT2D eigenvalue weighted by molar-refractivity contribution is 0.647. The van der Waals surface area contributed by atoms with Gasteiger partial charge in [-0.25, -0.2) is 4.98 Å². The van der Waals surface area contributed by atoms with Crippen LogP contribution in [0.4, 0.5) is 23.1 Å². The van der Waals surface area contributed by atoms with Crippen molar-refractivity contribution in [1.29, 1.82) is 0 Å². The molecule has 1 saturated heterocycles. The van der Waals surface area contributed by atoms with Gasteiger partial charge in [0.25, 0.3) is 0 Å². The monoisotopic (exact) mass is 373 g/mol. The summed E-state index contributed by atoms with van der Waals surface area (Å²) in [5.41, 5.74) is 6.17. The highest BCUT2D eigenvalue weighted by Gasteiger charge is 2.19. The van der Waals surface area contributed by atoms with Crippen molar-refractivity contribution in [2.75, 3.05) is 41.3 Å². The summed E-state index contributed by atoms with van der Waals surface area (Å²) in [6.45, 7) is 10.3. The SMILES string of the molecule is Cc1cccc(N2CCN(c3ccnc(Nc4ccc(C)c(C)c4)n3)CC2)c1. The summed E-state index contributed by atoms with van der Waals surface area (Å²) in [6.07, 6.45) is 1.83. The van der Waals surface area contributed by atoms with Gasteiger partial charge in [0.1, 0.15) is 5.82 Å². The number of hydrogen-bond donors (Lipinski definition) is 1. The van der Waals surface area contributed by atoms with Crippen LogP contribution in [-0.4, -0.2) is 36.1 Å². The number of rotatable bonds is 4. The average molecular weight is 374 g/mol. The first kappa shape index (κ1) is 18.3. The summed E-state index contributed by atoms with van der Waals surface area (Å²) >= 11 is 0. The highest BCUT2D eigenvalue weighted by molar-refractivity contribution is 5.57. The molecule has 0 spiro atoms. The molecule has 28 heavy (non-hydrogen) atoms. The summed E-state index contributed by atoms with van der Waals surface area (Å²) in [6, 6.07) is 17.0. The topological polar surface area (TPSA) is 44.3 Å². The number of hydrogen-bond acceptors (Lipinski definition) is 5. The molecule has 4 rings (SSSR count). The van der Waals surface area contributed by atoms with Gasteiger partial charge in [0.2, 0.25) is 5.95 Å². The molecule has 1 aliphatic rings. The predicted octanol–water partition coefficient (Wildman–Crippen LogP) is 4.47. The molecule has 1 aromatic heterocycles. The molecule has 2 heterocycles. The van der Waals surface area contributed by atoms with Crippen molar-refractivity contribution in [2.24, 2.45) is 0 Å². The molecule has 3 aromatic rings. The Balaban J connectivity index is 1.43. The van der Waals surface area contributed by atoms with E-state index in [4.69, 9.17) is 4.98 Å². The number of anilines is 4. The van der Waals surface area contributed by atoms with Gasteiger partial charge in [0.15, 0.2) is 0 Å². The zero-order valence-corrected chi connectivity index (χ0v) is 16.8. The smallest absolute Gasteiger partial charge is 0.229 e. The van der Waals surface area contributed by atoms with Crippen LogP contribution < -0.4 is 15.1 Å². The molecule has 2 aromatic carbocycles. The van der Waals surface area contributed by atoms with E-state index in [9.17, 15) is 0 Å². The van der Waals surface area contributed by atoms with Gasteiger partial charge >= 0.3 is 0 Å². The lowest BCUT2D eigenvalue weighted by Crippen LogP contribution is -2.46. The molecule has 1 N–H and O–H groups in total. The molecule has 144 valence electrons. The minimum absolute atomic E-state index is 0.641. The minimum Gasteiger partial charge on any atom is -0.368 e. The molecule has 0 atom stereocenters. The maximum absolute atomic E-state index is 4.74. The van der Waals surface area contributed by atoms with Crippen LogP contribution in [0.15, 0.2) is 54.7 Å². The third kappa shape index (κ3) is 4.09. The largest absolute Gasteiger partial charge is 0.368 e. The van der Waals surface area contributed by atoms with Crippen LogP contribution in [0.1, 0.15) is 16.7 Å². The standard InChI is InChI=1S/C23H27N5/c1-17-5-4-6-21(15-17)27-11-13-28(14-12-27)22-9-10-24-23(26-22)25-20-8-7-18(2)19(3)16-20/h4-10,15-16H,11-14H2,1-3H3,(H,24,25,26). The van der Waals surface area contributed by atoms with E-state index in [0.29, 0.717) is 5.95 Å². The predicted molar refractivity (Wildman–Crippen MR) is 117 cm³/mol. The third-order valence-electron chi connectivity index (χ3n) is 5.37. The Morgan fingerprint density at radius 2 is 1.61 bits per heavy atom. The van der Waals surface area contributed by atoms with Crippen molar-refractivity contribution in [2.45, 2.75) is 20.8 Å². The van der Waals surface area contributed by atoms with Crippen LogP contribution in [0.5, 0.6) is 0 Å². The first-order valence-corrected chi connectivity index (χ1v) is 9.82. The van der Waals surface area contributed by atoms with Crippen LogP contribution in [0, 0.1) is 20.8 Å². The van der Waals surface area contributed by atoms with Crippen molar-refractivity contribution in [3.05, 3.63) is 71.4 Å². The second-order valence-corrected chi connectivity index (χ2v) is 7.48. The number of piperazine rings is 1. The Morgan fingerprint density at radius 3 is 2.36 bits per heavy atom. The van der Waals surface area contributed by atoms with E-state index in [1.807, 2.05) is 12.3 Å². The second-order valence-electron chi connectivity index (χ2n) is 7.48. The Morgan fingerprint density at radius 1 is 0.821 bits per heavy atom. The maximum atomic E-state index is 4.74. The molecular formula is C23H27N5. The molecule has 5 nitrogen and oxygen atoms in total. The summed E-state index contributed by atoms with van der Waals surface area (Å²) < 4.78 is 0. The van der Waals surface area contributed by atoms with E-state index in [1.54, 1.807) is 0 Å². The summed E-state index contributed by atoms with van der Waals surface area (Å²) in [4.78, 5) is 13.9. The Kier molecular flexibility index (Phi) is 5.15. The second kappa shape index (κ2) is 7.89. The van der Waals surface area contributed by atoms with Crippen molar-refractivity contribution < 1.29 is 0 Å². The summed E-state index contributed by atoms with van der Waals surface area (Å²) in [7, 11) is 0. The van der Waals surface area contributed by atoms with E-state index in [0.717, 1.165) is 37.7 Å². The molecule has 0 radical (unpaired) electrons. The van der Waals surface area contributed by atoms with E-state index in [1.165, 1.54) is 22.4 Å². The maximum Gasteiger partial charge on any atom is 0.229 e. The Hall–Kier alpha value is -3.08. The normalized spacial score (nSPS) is 14.2. The molecule has 1 aliphatic heterocycles. The molecular weight excluding hydrogens is 346 g/mol. The first-order valence-electron chi connectivity index (χ1n) is 9.82. The zero-order chi connectivity index (χ0) is 19.5. The zero-order valence-electron chi connectivity index (χ0n) is 16.8. The quantitative estimate of drug-likeness (QED) is 0.731. The Bertz CT molecular complexity index is 961. The third-order valence-corrected chi connectivity index (χ3v) is 5.37. The average Bonchev–Trinajstić information content (AvgIpc) is 2.71. The number of benzene rings is 2. The highest BCUT2D eigenvalue weighted by atomic mass is 15.3. The fourth-order valence-electron chi connectivity index (χ4n) is 3.55. The van der Waals surface area contributed by atoms with Crippen LogP contribution in [0.2, 0.25) is 0 Å². The first-order chi connectivity index (χ1) is 13.6. The van der Waals surface area contributed by atoms with Crippen molar-refractivity contribution >= 4 is 23.1 Å². The van der Waals surface area contributed by atoms with Crippen LogP contribution in [-0.2, 0) is 0 Å². The van der Waals surface area contributed by atoms with Crippen molar-refractivity contribution in [3.63, 3.8) is 0 Å². The number of nitrogens with zero attached hydrogens (tertiary/aromatic N) is 4. The molecule has 0 bridgehead atoms. The molecule has 0 aliphatic carbocycles. The lowest BCUT2D eigenvalue weighted by atomic mass is 10.1. The van der Waals surface area contributed by atoms with E-state index < -0.39 is 0 Å². The van der Waals surface area contributed by atoms with Gasteiger partial charge in [0, 0.05) is 43.8 Å². The summed E-state index contributed by atoms with van der Waals surface area (Å²) in [5.74, 6) is 1.62. The van der Waals surface area contributed by atoms with Crippen molar-refractivity contribution in [3.8, 4) is 0 Å². The van der Waals surface area contributed by atoms with Crippen LogP contribution >= 0.6 is 0 Å². The van der Waals surface area contributed by atoms with Gasteiger partial charge in [-0.3, -0.25) is 0 Å². The minimum atomic E-state index is 0.641.